The van der Waals surface area contributed by atoms with Crippen LogP contribution < -0.4 is 23.7 Å². The van der Waals surface area contributed by atoms with Gasteiger partial charge < -0.3 is 28.6 Å². The smallest absolute Gasteiger partial charge is 0.204 e. The van der Waals surface area contributed by atoms with Crippen molar-refractivity contribution < 1.29 is 23.7 Å². The van der Waals surface area contributed by atoms with Crippen molar-refractivity contribution in [2.24, 2.45) is 0 Å². The van der Waals surface area contributed by atoms with Crippen LogP contribution in [-0.2, 0) is 25.8 Å². The van der Waals surface area contributed by atoms with Crippen LogP contribution in [0.4, 0.5) is 0 Å². The Morgan fingerprint density at radius 1 is 0.711 bits per heavy atom. The third kappa shape index (κ3) is 5.00. The van der Waals surface area contributed by atoms with Crippen molar-refractivity contribution in [2.45, 2.75) is 31.8 Å². The molecule has 0 saturated carbocycles. The van der Waals surface area contributed by atoms with E-state index in [0.717, 1.165) is 56.0 Å². The van der Waals surface area contributed by atoms with Gasteiger partial charge >= 0.3 is 0 Å². The number of fused-ring (bicyclic) bond motifs is 2. The number of methoxy groups -OCH3 is 4. The maximum Gasteiger partial charge on any atom is 0.204 e. The average molecular weight is 519 g/mol. The molecule has 0 N–H and O–H groups in total. The van der Waals surface area contributed by atoms with E-state index < -0.39 is 0 Å². The molecule has 3 aromatic rings. The fourth-order valence-electron chi connectivity index (χ4n) is 5.67. The van der Waals surface area contributed by atoms with Crippen LogP contribution in [0.3, 0.4) is 0 Å². The number of hydrogen-bond donors (Lipinski definition) is 0. The monoisotopic (exact) mass is 518 g/mol. The summed E-state index contributed by atoms with van der Waals surface area (Å²) in [6.45, 7) is 2.86. The van der Waals surface area contributed by atoms with Crippen molar-refractivity contribution in [3.05, 3.63) is 70.3 Å². The van der Waals surface area contributed by atoms with E-state index in [1.54, 1.807) is 28.4 Å². The van der Waals surface area contributed by atoms with Gasteiger partial charge in [-0.1, -0.05) is 12.1 Å². The van der Waals surface area contributed by atoms with E-state index in [9.17, 15) is 0 Å². The van der Waals surface area contributed by atoms with Crippen LogP contribution in [0.1, 0.15) is 33.9 Å². The van der Waals surface area contributed by atoms with Crippen LogP contribution in [0.2, 0.25) is 0 Å². The van der Waals surface area contributed by atoms with E-state index in [4.69, 9.17) is 23.7 Å². The Balaban J connectivity index is 1.62. The molecule has 2 aliphatic heterocycles. The number of hydrogen-bond acceptors (Lipinski definition) is 7. The van der Waals surface area contributed by atoms with Crippen LogP contribution in [0.15, 0.2) is 42.5 Å². The van der Waals surface area contributed by atoms with Gasteiger partial charge in [-0.05, 0) is 85.9 Å². The van der Waals surface area contributed by atoms with Crippen molar-refractivity contribution in [3.8, 4) is 34.5 Å². The van der Waals surface area contributed by atoms with Crippen LogP contribution in [0.5, 0.6) is 34.5 Å². The second-order valence-corrected chi connectivity index (χ2v) is 10.2. The molecule has 202 valence electrons. The molecule has 0 unspecified atom stereocenters. The molecule has 2 heterocycles. The highest BCUT2D eigenvalue weighted by atomic mass is 16.5. The van der Waals surface area contributed by atoms with Crippen molar-refractivity contribution in [1.82, 2.24) is 9.80 Å². The molecule has 5 rings (SSSR count). The average Bonchev–Trinajstić information content (AvgIpc) is 2.94. The third-order valence-electron chi connectivity index (χ3n) is 7.84. The predicted molar refractivity (Wildman–Crippen MR) is 148 cm³/mol. The second kappa shape index (κ2) is 11.1. The molecule has 0 radical (unpaired) electrons. The second-order valence-electron chi connectivity index (χ2n) is 10.2. The molecule has 0 bridgehead atoms. The Hall–Kier alpha value is -3.42. The summed E-state index contributed by atoms with van der Waals surface area (Å²) in [5, 5.41) is 0. The standard InChI is InChI=1S/C31H38N2O5/c1-32-13-11-21-16-26(35-4)27(18-23(21)19-32)38-31-29-22(17-28(36-5)30(31)37-6)12-14-33(2)25(29)15-20-7-9-24(34-3)10-8-20/h7-10,16-18,25H,11-15,19H2,1-6H3/t25-/m0/s1. The molecular weight excluding hydrogens is 480 g/mol. The van der Waals surface area contributed by atoms with Crippen LogP contribution in [0, 0.1) is 0 Å². The van der Waals surface area contributed by atoms with Crippen LogP contribution >= 0.6 is 0 Å². The summed E-state index contributed by atoms with van der Waals surface area (Å²) in [7, 11) is 11.1. The molecule has 0 aliphatic carbocycles. The lowest BCUT2D eigenvalue weighted by molar-refractivity contribution is 0.221. The van der Waals surface area contributed by atoms with Gasteiger partial charge in [-0.25, -0.2) is 0 Å². The summed E-state index contributed by atoms with van der Waals surface area (Å²) in [5.41, 5.74) is 6.14. The Morgan fingerprint density at radius 3 is 2.08 bits per heavy atom. The van der Waals surface area contributed by atoms with E-state index in [0.29, 0.717) is 23.0 Å². The molecule has 7 heteroatoms. The molecule has 0 fully saturated rings. The third-order valence-corrected chi connectivity index (χ3v) is 7.84. The molecule has 0 amide bonds. The van der Waals surface area contributed by atoms with E-state index in [2.05, 4.69) is 54.2 Å². The molecule has 1 atom stereocenters. The summed E-state index contributed by atoms with van der Waals surface area (Å²) in [5.74, 6) is 4.22. The molecule has 0 saturated heterocycles. The molecule has 7 nitrogen and oxygen atoms in total. The zero-order valence-electron chi connectivity index (χ0n) is 23.3. The molecule has 2 aliphatic rings. The van der Waals surface area contributed by atoms with Crippen LogP contribution in [0.25, 0.3) is 0 Å². The minimum atomic E-state index is 0.0942. The molecule has 3 aromatic carbocycles. The lowest BCUT2D eigenvalue weighted by atomic mass is 9.87. The fraction of sp³-hybridized carbons (Fsp3) is 0.419. The van der Waals surface area contributed by atoms with Crippen molar-refractivity contribution >= 4 is 0 Å². The minimum Gasteiger partial charge on any atom is -0.497 e. The van der Waals surface area contributed by atoms with Crippen molar-refractivity contribution in [2.75, 3.05) is 55.6 Å². The summed E-state index contributed by atoms with van der Waals surface area (Å²) in [6, 6.07) is 14.7. The number of rotatable bonds is 8. The summed E-state index contributed by atoms with van der Waals surface area (Å²) >= 11 is 0. The minimum absolute atomic E-state index is 0.0942. The zero-order valence-corrected chi connectivity index (χ0v) is 23.3. The van der Waals surface area contributed by atoms with Gasteiger partial charge in [-0.2, -0.15) is 0 Å². The molecular formula is C31H38N2O5. The Kier molecular flexibility index (Phi) is 7.68. The predicted octanol–water partition coefficient (Wildman–Crippen LogP) is 5.27. The largest absolute Gasteiger partial charge is 0.497 e. The maximum absolute atomic E-state index is 6.82. The number of nitrogens with zero attached hydrogens (tertiary/aromatic N) is 2. The van der Waals surface area contributed by atoms with E-state index in [-0.39, 0.29) is 6.04 Å². The highest BCUT2D eigenvalue weighted by Crippen LogP contribution is 2.51. The summed E-state index contributed by atoms with van der Waals surface area (Å²) < 4.78 is 29.7. The highest BCUT2D eigenvalue weighted by Gasteiger charge is 2.33. The van der Waals surface area contributed by atoms with Gasteiger partial charge in [0.2, 0.25) is 5.75 Å². The number of benzene rings is 3. The first-order valence-corrected chi connectivity index (χ1v) is 13.1. The quantitative estimate of drug-likeness (QED) is 0.403. The van der Waals surface area contributed by atoms with E-state index >= 15 is 0 Å². The molecule has 38 heavy (non-hydrogen) atoms. The normalized spacial score (nSPS) is 17.4. The van der Waals surface area contributed by atoms with Crippen molar-refractivity contribution in [3.63, 3.8) is 0 Å². The van der Waals surface area contributed by atoms with Crippen LogP contribution in [-0.4, -0.2) is 65.4 Å². The summed E-state index contributed by atoms with van der Waals surface area (Å²) in [4.78, 5) is 4.72. The topological polar surface area (TPSA) is 52.6 Å². The first kappa shape index (κ1) is 26.2. The number of likely N-dealkylation sites (N-methyl/N-ethyl adjacent to an activating group) is 2. The molecule has 0 aromatic heterocycles. The maximum atomic E-state index is 6.82. The van der Waals surface area contributed by atoms with Gasteiger partial charge in [0.05, 0.1) is 28.4 Å². The van der Waals surface area contributed by atoms with Gasteiger partial charge in [-0.15, -0.1) is 0 Å². The van der Waals surface area contributed by atoms with E-state index in [1.165, 1.54) is 22.3 Å². The first-order valence-electron chi connectivity index (χ1n) is 13.1. The van der Waals surface area contributed by atoms with Gasteiger partial charge in [-0.3, -0.25) is 4.90 Å². The van der Waals surface area contributed by atoms with Gasteiger partial charge in [0.25, 0.3) is 0 Å². The van der Waals surface area contributed by atoms with Crippen molar-refractivity contribution in [1.29, 1.82) is 0 Å². The summed E-state index contributed by atoms with van der Waals surface area (Å²) in [6.07, 6.45) is 2.72. The Labute approximate surface area is 225 Å². The fourth-order valence-corrected chi connectivity index (χ4v) is 5.67. The molecule has 0 spiro atoms. The van der Waals surface area contributed by atoms with Gasteiger partial charge in [0.1, 0.15) is 5.75 Å². The van der Waals surface area contributed by atoms with E-state index in [1.807, 2.05) is 12.1 Å². The highest BCUT2D eigenvalue weighted by molar-refractivity contribution is 5.63. The zero-order chi connectivity index (χ0) is 26.8. The number of ether oxygens (including phenoxy) is 5. The van der Waals surface area contributed by atoms with Gasteiger partial charge in [0.15, 0.2) is 23.0 Å². The van der Waals surface area contributed by atoms with Gasteiger partial charge in [0, 0.05) is 31.2 Å². The Morgan fingerprint density at radius 2 is 1.39 bits per heavy atom. The SMILES string of the molecule is COc1ccc(C[C@H]2c3c(cc(OC)c(OC)c3Oc3cc4c(cc3OC)CCN(C)C4)CCN2C)cc1. The first-order chi connectivity index (χ1) is 18.4. The lowest BCUT2D eigenvalue weighted by Crippen LogP contribution is -2.34. The lowest BCUT2D eigenvalue weighted by Gasteiger charge is -2.37. The Bertz CT molecular complexity index is 1290.